The number of hydrogen-bond donors (Lipinski definition) is 4. The monoisotopic (exact) mass is 412 g/mol. The van der Waals surface area contributed by atoms with Crippen molar-refractivity contribution in [2.75, 3.05) is 17.2 Å². The average Bonchev–Trinajstić information content (AvgIpc) is 3.48. The van der Waals surface area contributed by atoms with E-state index in [1.54, 1.807) is 31.0 Å². The Morgan fingerprint density at radius 3 is 2.61 bits per heavy atom. The summed E-state index contributed by atoms with van der Waals surface area (Å²) in [5.74, 6) is 1.40. The zero-order valence-electron chi connectivity index (χ0n) is 16.5. The Morgan fingerprint density at radius 1 is 1.00 bits per heavy atom. The number of anilines is 3. The molecular formula is C22H20N8O. The van der Waals surface area contributed by atoms with Gasteiger partial charge in [-0.05, 0) is 48.4 Å². The normalized spacial score (nSPS) is 11.0. The Bertz CT molecular complexity index is 1280. The van der Waals surface area contributed by atoms with Gasteiger partial charge in [0.25, 0.3) is 0 Å². The van der Waals surface area contributed by atoms with Crippen LogP contribution in [0.5, 0.6) is 5.75 Å². The van der Waals surface area contributed by atoms with Crippen molar-refractivity contribution in [3.05, 3.63) is 79.1 Å². The van der Waals surface area contributed by atoms with Gasteiger partial charge in [0.1, 0.15) is 11.3 Å². The Hall–Kier alpha value is -4.40. The maximum Gasteiger partial charge on any atom is 0.231 e. The Kier molecular flexibility index (Phi) is 4.89. The van der Waals surface area contributed by atoms with Gasteiger partial charge in [0.05, 0.1) is 12.7 Å². The van der Waals surface area contributed by atoms with Crippen LogP contribution < -0.4 is 10.6 Å². The quantitative estimate of drug-likeness (QED) is 0.322. The summed E-state index contributed by atoms with van der Waals surface area (Å²) in [7, 11) is 0. The Labute approximate surface area is 177 Å². The molecule has 0 radical (unpaired) electrons. The van der Waals surface area contributed by atoms with Crippen molar-refractivity contribution in [2.24, 2.45) is 0 Å². The summed E-state index contributed by atoms with van der Waals surface area (Å²) in [6.07, 6.45) is 7.79. The van der Waals surface area contributed by atoms with E-state index in [1.165, 1.54) is 0 Å². The SMILES string of the molecule is Oc1ccc(CCNc2nc(Nc3ccc(-n4ccnc4)cc3)nc3nc[nH]c23)cc1. The van der Waals surface area contributed by atoms with E-state index in [2.05, 4.69) is 35.6 Å². The molecule has 0 aliphatic carbocycles. The van der Waals surface area contributed by atoms with Crippen LogP contribution in [0.25, 0.3) is 16.9 Å². The lowest BCUT2D eigenvalue weighted by Gasteiger charge is -2.10. The number of nitrogens with zero attached hydrogens (tertiary/aromatic N) is 5. The number of aromatic amines is 1. The number of H-pyrrole nitrogens is 1. The Morgan fingerprint density at radius 2 is 1.84 bits per heavy atom. The highest BCUT2D eigenvalue weighted by atomic mass is 16.3. The van der Waals surface area contributed by atoms with Crippen LogP contribution >= 0.6 is 0 Å². The second-order valence-electron chi connectivity index (χ2n) is 6.98. The molecule has 2 aromatic carbocycles. The number of phenols is 1. The van der Waals surface area contributed by atoms with E-state index in [0.29, 0.717) is 24.0 Å². The molecule has 0 saturated carbocycles. The van der Waals surface area contributed by atoms with Crippen LogP contribution in [0.3, 0.4) is 0 Å². The maximum absolute atomic E-state index is 9.42. The van der Waals surface area contributed by atoms with Crippen LogP contribution in [0.2, 0.25) is 0 Å². The van der Waals surface area contributed by atoms with Gasteiger partial charge in [0.2, 0.25) is 5.95 Å². The predicted molar refractivity (Wildman–Crippen MR) is 119 cm³/mol. The van der Waals surface area contributed by atoms with Gasteiger partial charge in [-0.15, -0.1) is 0 Å². The van der Waals surface area contributed by atoms with Crippen LogP contribution in [0, 0.1) is 0 Å². The highest BCUT2D eigenvalue weighted by Gasteiger charge is 2.10. The minimum absolute atomic E-state index is 0.264. The molecule has 3 aromatic heterocycles. The number of aromatic hydroxyl groups is 1. The van der Waals surface area contributed by atoms with E-state index < -0.39 is 0 Å². The summed E-state index contributed by atoms with van der Waals surface area (Å²) in [5, 5.41) is 16.0. The minimum Gasteiger partial charge on any atom is -0.508 e. The second kappa shape index (κ2) is 8.15. The van der Waals surface area contributed by atoms with E-state index in [4.69, 9.17) is 0 Å². The molecule has 3 heterocycles. The number of fused-ring (bicyclic) bond motifs is 1. The first-order chi connectivity index (χ1) is 15.2. The summed E-state index contributed by atoms with van der Waals surface area (Å²) < 4.78 is 1.94. The van der Waals surface area contributed by atoms with Gasteiger partial charge in [0.15, 0.2) is 11.5 Å². The van der Waals surface area contributed by atoms with Crippen molar-refractivity contribution in [1.82, 2.24) is 29.5 Å². The maximum atomic E-state index is 9.42. The fourth-order valence-corrected chi connectivity index (χ4v) is 3.26. The number of imidazole rings is 2. The third-order valence-corrected chi connectivity index (χ3v) is 4.85. The van der Waals surface area contributed by atoms with Crippen molar-refractivity contribution in [2.45, 2.75) is 6.42 Å². The fourth-order valence-electron chi connectivity index (χ4n) is 3.26. The molecular weight excluding hydrogens is 392 g/mol. The van der Waals surface area contributed by atoms with Gasteiger partial charge in [-0.3, -0.25) is 0 Å². The van der Waals surface area contributed by atoms with E-state index in [1.807, 2.05) is 47.2 Å². The molecule has 0 spiro atoms. The molecule has 31 heavy (non-hydrogen) atoms. The van der Waals surface area contributed by atoms with Gasteiger partial charge in [-0.2, -0.15) is 9.97 Å². The van der Waals surface area contributed by atoms with Gasteiger partial charge < -0.3 is 25.3 Å². The van der Waals surface area contributed by atoms with Gasteiger partial charge in [0, 0.05) is 30.3 Å². The van der Waals surface area contributed by atoms with Gasteiger partial charge in [-0.1, -0.05) is 12.1 Å². The van der Waals surface area contributed by atoms with Crippen LogP contribution in [-0.2, 0) is 6.42 Å². The number of hydrogen-bond acceptors (Lipinski definition) is 7. The topological polar surface area (TPSA) is 117 Å². The first-order valence-electron chi connectivity index (χ1n) is 9.83. The van der Waals surface area contributed by atoms with E-state index in [-0.39, 0.29) is 5.75 Å². The summed E-state index contributed by atoms with van der Waals surface area (Å²) in [6.45, 7) is 0.676. The summed E-state index contributed by atoms with van der Waals surface area (Å²) in [4.78, 5) is 20.6. The second-order valence-corrected chi connectivity index (χ2v) is 6.98. The summed E-state index contributed by atoms with van der Waals surface area (Å²) >= 11 is 0. The van der Waals surface area contributed by atoms with E-state index >= 15 is 0 Å². The molecule has 0 amide bonds. The lowest BCUT2D eigenvalue weighted by Crippen LogP contribution is -2.09. The zero-order valence-corrected chi connectivity index (χ0v) is 16.5. The number of nitrogens with one attached hydrogen (secondary N) is 3. The molecule has 4 N–H and O–H groups in total. The standard InChI is InChI=1S/C22H20N8O/c31-18-7-1-15(2-8-18)9-10-24-20-19-21(26-13-25-19)29-22(28-20)27-16-3-5-17(6-4-16)30-12-11-23-14-30/h1-8,11-14,31H,9-10H2,(H3,24,25,26,27,28,29). The molecule has 0 bridgehead atoms. The van der Waals surface area contributed by atoms with Gasteiger partial charge >= 0.3 is 0 Å². The molecule has 5 rings (SSSR count). The van der Waals surface area contributed by atoms with Crippen LogP contribution in [0.1, 0.15) is 5.56 Å². The third kappa shape index (κ3) is 4.15. The van der Waals surface area contributed by atoms with Crippen molar-refractivity contribution < 1.29 is 5.11 Å². The minimum atomic E-state index is 0.264. The first kappa shape index (κ1) is 18.6. The smallest absolute Gasteiger partial charge is 0.231 e. The van der Waals surface area contributed by atoms with Crippen molar-refractivity contribution >= 4 is 28.6 Å². The molecule has 0 fully saturated rings. The highest BCUT2D eigenvalue weighted by Crippen LogP contribution is 2.22. The lowest BCUT2D eigenvalue weighted by molar-refractivity contribution is 0.475. The van der Waals surface area contributed by atoms with Crippen molar-refractivity contribution in [3.8, 4) is 11.4 Å². The number of aromatic nitrogens is 6. The predicted octanol–water partition coefficient (Wildman–Crippen LogP) is 3.64. The number of rotatable bonds is 7. The molecule has 0 aliphatic heterocycles. The number of benzene rings is 2. The summed E-state index contributed by atoms with van der Waals surface area (Å²) in [5.41, 5.74) is 4.35. The molecule has 9 nitrogen and oxygen atoms in total. The molecule has 0 saturated heterocycles. The average molecular weight is 412 g/mol. The summed E-state index contributed by atoms with van der Waals surface area (Å²) in [6, 6.07) is 15.1. The zero-order chi connectivity index (χ0) is 21.0. The van der Waals surface area contributed by atoms with E-state index in [9.17, 15) is 5.11 Å². The number of phenolic OH excluding ortho intramolecular Hbond substituents is 1. The molecule has 9 heteroatoms. The van der Waals surface area contributed by atoms with Crippen LogP contribution in [-0.4, -0.2) is 41.1 Å². The largest absolute Gasteiger partial charge is 0.508 e. The van der Waals surface area contributed by atoms with Crippen LogP contribution in [0.15, 0.2) is 73.6 Å². The fraction of sp³-hybridized carbons (Fsp3) is 0.0909. The third-order valence-electron chi connectivity index (χ3n) is 4.85. The Balaban J connectivity index is 1.32. The molecule has 0 aliphatic rings. The van der Waals surface area contributed by atoms with Crippen molar-refractivity contribution in [3.63, 3.8) is 0 Å². The van der Waals surface area contributed by atoms with E-state index in [0.717, 1.165) is 28.9 Å². The van der Waals surface area contributed by atoms with Crippen molar-refractivity contribution in [1.29, 1.82) is 0 Å². The molecule has 5 aromatic rings. The molecule has 0 atom stereocenters. The lowest BCUT2D eigenvalue weighted by atomic mass is 10.1. The first-order valence-corrected chi connectivity index (χ1v) is 9.83. The molecule has 154 valence electrons. The van der Waals surface area contributed by atoms with Crippen LogP contribution in [0.4, 0.5) is 17.5 Å². The highest BCUT2D eigenvalue weighted by molar-refractivity contribution is 5.84. The molecule has 0 unspecified atom stereocenters. The van der Waals surface area contributed by atoms with Gasteiger partial charge in [-0.25, -0.2) is 9.97 Å².